The summed E-state index contributed by atoms with van der Waals surface area (Å²) in [4.78, 5) is 12.1. The summed E-state index contributed by atoms with van der Waals surface area (Å²) in [6.45, 7) is 9.58. The van der Waals surface area contributed by atoms with E-state index in [1.807, 2.05) is 6.92 Å². The lowest BCUT2D eigenvalue weighted by atomic mass is 9.83. The lowest BCUT2D eigenvalue weighted by molar-refractivity contribution is -0.128. The highest BCUT2D eigenvalue weighted by atomic mass is 16.5. The maximum atomic E-state index is 12.1. The quantitative estimate of drug-likeness (QED) is 0.760. The summed E-state index contributed by atoms with van der Waals surface area (Å²) < 4.78 is 5.48. The summed E-state index contributed by atoms with van der Waals surface area (Å²) in [5.74, 6) is 0.0310. The Kier molecular flexibility index (Phi) is 5.60. The zero-order chi connectivity index (χ0) is 13.8. The van der Waals surface area contributed by atoms with E-state index in [0.717, 1.165) is 25.9 Å². The summed E-state index contributed by atoms with van der Waals surface area (Å²) in [6.07, 6.45) is 3.04. The Morgan fingerprint density at radius 3 is 2.50 bits per heavy atom. The fourth-order valence-corrected chi connectivity index (χ4v) is 2.40. The molecule has 106 valence electrons. The number of nitrogens with one attached hydrogen (secondary N) is 1. The second kappa shape index (κ2) is 6.53. The van der Waals surface area contributed by atoms with Crippen LogP contribution in [0.5, 0.6) is 0 Å². The fraction of sp³-hybridized carbons (Fsp3) is 0.929. The van der Waals surface area contributed by atoms with Crippen LogP contribution in [0.1, 0.15) is 47.0 Å². The van der Waals surface area contributed by atoms with Crippen LogP contribution in [0.15, 0.2) is 0 Å². The summed E-state index contributed by atoms with van der Waals surface area (Å²) in [7, 11) is 0. The first-order chi connectivity index (χ1) is 8.35. The van der Waals surface area contributed by atoms with Gasteiger partial charge in [-0.1, -0.05) is 20.8 Å². The Morgan fingerprint density at radius 1 is 1.44 bits per heavy atom. The molecule has 1 aliphatic carbocycles. The molecule has 1 unspecified atom stereocenters. The van der Waals surface area contributed by atoms with Crippen LogP contribution in [0.2, 0.25) is 0 Å². The number of rotatable bonds is 6. The highest BCUT2D eigenvalue weighted by Crippen LogP contribution is 2.26. The van der Waals surface area contributed by atoms with Crippen LogP contribution in [0, 0.1) is 11.3 Å². The molecule has 1 amide bonds. The number of carbonyl (C=O) groups excluding carboxylic acids is 1. The average Bonchev–Trinajstić information content (AvgIpc) is 2.21. The summed E-state index contributed by atoms with van der Waals surface area (Å²) >= 11 is 0. The fourth-order valence-electron chi connectivity index (χ4n) is 2.40. The van der Waals surface area contributed by atoms with E-state index in [-0.39, 0.29) is 23.3 Å². The highest BCUT2D eigenvalue weighted by molar-refractivity contribution is 5.79. The van der Waals surface area contributed by atoms with Gasteiger partial charge >= 0.3 is 0 Å². The third-order valence-corrected chi connectivity index (χ3v) is 3.36. The number of hydrogen-bond donors (Lipinski definition) is 2. The molecular formula is C14H28N2O2. The molecular weight excluding hydrogens is 228 g/mol. The van der Waals surface area contributed by atoms with Crippen LogP contribution in [0.25, 0.3) is 0 Å². The van der Waals surface area contributed by atoms with Crippen molar-refractivity contribution in [3.8, 4) is 0 Å². The van der Waals surface area contributed by atoms with E-state index in [2.05, 4.69) is 26.1 Å². The van der Waals surface area contributed by atoms with Crippen molar-refractivity contribution < 1.29 is 9.53 Å². The SMILES string of the molecule is CCOC1CC(NC(=O)C(CN)CC(C)(C)C)C1. The van der Waals surface area contributed by atoms with Crippen LogP contribution in [-0.4, -0.2) is 31.2 Å². The van der Waals surface area contributed by atoms with Gasteiger partial charge in [-0.15, -0.1) is 0 Å². The van der Waals surface area contributed by atoms with Crippen LogP contribution in [-0.2, 0) is 9.53 Å². The van der Waals surface area contributed by atoms with Crippen molar-refractivity contribution in [3.05, 3.63) is 0 Å². The summed E-state index contributed by atoms with van der Waals surface area (Å²) in [5, 5.41) is 3.08. The molecule has 1 atom stereocenters. The Morgan fingerprint density at radius 2 is 2.06 bits per heavy atom. The lowest BCUT2D eigenvalue weighted by Crippen LogP contribution is -2.50. The monoisotopic (exact) mass is 256 g/mol. The standard InChI is InChI=1S/C14H28N2O2/c1-5-18-12-6-11(7-12)16-13(17)10(9-15)8-14(2,3)4/h10-12H,5-9,15H2,1-4H3,(H,16,17). The molecule has 4 nitrogen and oxygen atoms in total. The van der Waals surface area contributed by atoms with Crippen molar-refractivity contribution in [2.45, 2.75) is 59.1 Å². The number of carbonyl (C=O) groups is 1. The van der Waals surface area contributed by atoms with Gasteiger partial charge < -0.3 is 15.8 Å². The molecule has 0 saturated heterocycles. The van der Waals surface area contributed by atoms with Gasteiger partial charge in [0, 0.05) is 19.2 Å². The minimum atomic E-state index is -0.0730. The van der Waals surface area contributed by atoms with E-state index in [9.17, 15) is 4.79 Å². The molecule has 0 spiro atoms. The van der Waals surface area contributed by atoms with Gasteiger partial charge in [0.15, 0.2) is 0 Å². The Labute approximate surface area is 111 Å². The van der Waals surface area contributed by atoms with Crippen LogP contribution in [0.3, 0.4) is 0 Å². The van der Waals surface area contributed by atoms with Crippen molar-refractivity contribution in [2.75, 3.05) is 13.2 Å². The Bertz CT molecular complexity index is 267. The third kappa shape index (κ3) is 4.94. The van der Waals surface area contributed by atoms with E-state index in [1.54, 1.807) is 0 Å². The van der Waals surface area contributed by atoms with Crippen LogP contribution >= 0.6 is 0 Å². The topological polar surface area (TPSA) is 64.3 Å². The molecule has 0 aliphatic heterocycles. The van der Waals surface area contributed by atoms with E-state index >= 15 is 0 Å². The highest BCUT2D eigenvalue weighted by Gasteiger charge is 2.33. The van der Waals surface area contributed by atoms with Crippen molar-refractivity contribution in [1.29, 1.82) is 0 Å². The minimum Gasteiger partial charge on any atom is -0.378 e. The number of amides is 1. The molecule has 1 rings (SSSR count). The Balaban J connectivity index is 2.31. The van der Waals surface area contributed by atoms with Crippen molar-refractivity contribution >= 4 is 5.91 Å². The van der Waals surface area contributed by atoms with Gasteiger partial charge in [-0.2, -0.15) is 0 Å². The average molecular weight is 256 g/mol. The van der Waals surface area contributed by atoms with Crippen LogP contribution in [0.4, 0.5) is 0 Å². The molecule has 18 heavy (non-hydrogen) atoms. The second-order valence-corrected chi connectivity index (χ2v) is 6.45. The summed E-state index contributed by atoms with van der Waals surface area (Å²) in [5.41, 5.74) is 5.84. The Hall–Kier alpha value is -0.610. The van der Waals surface area contributed by atoms with Gasteiger partial charge in [0.1, 0.15) is 0 Å². The first-order valence-corrected chi connectivity index (χ1v) is 6.97. The van der Waals surface area contributed by atoms with Gasteiger partial charge in [0.05, 0.1) is 12.0 Å². The zero-order valence-electron chi connectivity index (χ0n) is 12.2. The smallest absolute Gasteiger partial charge is 0.224 e. The van der Waals surface area contributed by atoms with Gasteiger partial charge in [-0.3, -0.25) is 4.79 Å². The predicted molar refractivity (Wildman–Crippen MR) is 73.2 cm³/mol. The molecule has 0 bridgehead atoms. The molecule has 1 fully saturated rings. The van der Waals surface area contributed by atoms with Crippen LogP contribution < -0.4 is 11.1 Å². The first kappa shape index (κ1) is 15.4. The van der Waals surface area contributed by atoms with Gasteiger partial charge in [-0.05, 0) is 31.6 Å². The number of nitrogens with two attached hydrogens (primary N) is 1. The van der Waals surface area contributed by atoms with E-state index in [1.165, 1.54) is 0 Å². The lowest BCUT2D eigenvalue weighted by Gasteiger charge is -2.36. The predicted octanol–water partition coefficient (Wildman–Crippen LogP) is 1.68. The van der Waals surface area contributed by atoms with Crippen molar-refractivity contribution in [1.82, 2.24) is 5.32 Å². The van der Waals surface area contributed by atoms with Gasteiger partial charge in [0.25, 0.3) is 0 Å². The maximum Gasteiger partial charge on any atom is 0.224 e. The molecule has 4 heteroatoms. The third-order valence-electron chi connectivity index (χ3n) is 3.36. The van der Waals surface area contributed by atoms with Crippen molar-refractivity contribution in [2.24, 2.45) is 17.1 Å². The van der Waals surface area contributed by atoms with Crippen molar-refractivity contribution in [3.63, 3.8) is 0 Å². The first-order valence-electron chi connectivity index (χ1n) is 6.97. The van der Waals surface area contributed by atoms with Gasteiger partial charge in [-0.25, -0.2) is 0 Å². The second-order valence-electron chi connectivity index (χ2n) is 6.45. The molecule has 0 aromatic carbocycles. The largest absolute Gasteiger partial charge is 0.378 e. The van der Waals surface area contributed by atoms with E-state index < -0.39 is 0 Å². The molecule has 0 aromatic rings. The van der Waals surface area contributed by atoms with E-state index in [0.29, 0.717) is 12.6 Å². The van der Waals surface area contributed by atoms with Gasteiger partial charge in [0.2, 0.25) is 5.91 Å². The normalized spacial score (nSPS) is 25.4. The molecule has 1 aliphatic rings. The molecule has 0 heterocycles. The molecule has 0 radical (unpaired) electrons. The number of ether oxygens (including phenoxy) is 1. The molecule has 3 N–H and O–H groups in total. The number of hydrogen-bond acceptors (Lipinski definition) is 3. The summed E-state index contributed by atoms with van der Waals surface area (Å²) in [6, 6.07) is 0.281. The minimum absolute atomic E-state index is 0.0730. The maximum absolute atomic E-state index is 12.1. The van der Waals surface area contributed by atoms with E-state index in [4.69, 9.17) is 10.5 Å². The molecule has 1 saturated carbocycles. The molecule has 0 aromatic heterocycles. The zero-order valence-corrected chi connectivity index (χ0v) is 12.2.